The molecular weight excluding hydrogens is 290 g/mol. The molecule has 4 atom stereocenters. The van der Waals surface area contributed by atoms with Gasteiger partial charge in [0.1, 0.15) is 24.4 Å². The van der Waals surface area contributed by atoms with E-state index in [1.807, 2.05) is 6.26 Å². The van der Waals surface area contributed by atoms with Crippen molar-refractivity contribution in [3.63, 3.8) is 0 Å². The van der Waals surface area contributed by atoms with Crippen LogP contribution in [0.2, 0.25) is 0 Å². The quantitative estimate of drug-likeness (QED) is 0.242. The number of carboxylic acid groups (broad SMARTS) is 1. The van der Waals surface area contributed by atoms with Crippen LogP contribution in [0.5, 0.6) is 0 Å². The summed E-state index contributed by atoms with van der Waals surface area (Å²) < 4.78 is 0. The van der Waals surface area contributed by atoms with Gasteiger partial charge in [-0.1, -0.05) is 0 Å². The number of carbonyl (C=O) groups excluding carboxylic acids is 1. The van der Waals surface area contributed by atoms with Gasteiger partial charge in [-0.25, -0.2) is 0 Å². The summed E-state index contributed by atoms with van der Waals surface area (Å²) >= 11 is 1.46. The summed E-state index contributed by atoms with van der Waals surface area (Å²) in [5.74, 6) is -1.38. The van der Waals surface area contributed by atoms with Crippen molar-refractivity contribution in [2.24, 2.45) is 0 Å². The van der Waals surface area contributed by atoms with Crippen molar-refractivity contribution in [1.29, 1.82) is 0 Å². The van der Waals surface area contributed by atoms with Gasteiger partial charge >= 0.3 is 5.97 Å². The third kappa shape index (κ3) is 6.64. The number of Topliss-reactive ketones (excluding diaryl/α,β-unsaturated/α-hetero) is 1. The summed E-state index contributed by atoms with van der Waals surface area (Å²) in [6.45, 7) is -1.26. The molecule has 0 unspecified atom stereocenters. The molecular formula is C11H21NO7S. The summed E-state index contributed by atoms with van der Waals surface area (Å²) in [6.07, 6.45) is -3.22. The molecule has 0 rings (SSSR count). The van der Waals surface area contributed by atoms with E-state index >= 15 is 0 Å². The molecule has 0 bridgehead atoms. The Morgan fingerprint density at radius 3 is 2.30 bits per heavy atom. The minimum atomic E-state index is -1.89. The maximum Gasteiger partial charge on any atom is 0.320 e. The third-order valence-corrected chi connectivity index (χ3v) is 3.31. The van der Waals surface area contributed by atoms with Gasteiger partial charge in [0.25, 0.3) is 0 Å². The average Bonchev–Trinajstić information content (AvgIpc) is 2.43. The second kappa shape index (κ2) is 10.1. The van der Waals surface area contributed by atoms with Crippen molar-refractivity contribution in [2.75, 3.05) is 25.2 Å². The van der Waals surface area contributed by atoms with E-state index in [9.17, 15) is 19.8 Å². The summed E-state index contributed by atoms with van der Waals surface area (Å²) in [4.78, 5) is 22.5. The topological polar surface area (TPSA) is 147 Å². The predicted molar refractivity (Wildman–Crippen MR) is 72.5 cm³/mol. The minimum absolute atomic E-state index is 0.307. The van der Waals surface area contributed by atoms with Crippen molar-refractivity contribution in [1.82, 2.24) is 5.32 Å². The second-order valence-electron chi connectivity index (χ2n) is 4.20. The van der Waals surface area contributed by atoms with Gasteiger partial charge in [-0.15, -0.1) is 0 Å². The molecule has 118 valence electrons. The van der Waals surface area contributed by atoms with Gasteiger partial charge in [-0.3, -0.25) is 14.9 Å². The first-order valence-corrected chi connectivity index (χ1v) is 7.37. The molecule has 0 saturated heterocycles. The molecule has 0 spiro atoms. The van der Waals surface area contributed by atoms with Crippen LogP contribution in [0.15, 0.2) is 0 Å². The van der Waals surface area contributed by atoms with Gasteiger partial charge in [-0.2, -0.15) is 11.8 Å². The fourth-order valence-electron chi connectivity index (χ4n) is 1.39. The van der Waals surface area contributed by atoms with Crippen molar-refractivity contribution in [2.45, 2.75) is 30.8 Å². The molecule has 0 radical (unpaired) electrons. The van der Waals surface area contributed by atoms with E-state index in [1.165, 1.54) is 11.8 Å². The molecule has 0 aromatic rings. The Morgan fingerprint density at radius 2 is 1.85 bits per heavy atom. The number of thioether (sulfide) groups is 1. The highest BCUT2D eigenvalue weighted by Crippen LogP contribution is 2.03. The lowest BCUT2D eigenvalue weighted by atomic mass is 10.0. The van der Waals surface area contributed by atoms with Gasteiger partial charge in [0, 0.05) is 0 Å². The number of aliphatic carboxylic acids is 1. The fraction of sp³-hybridized carbons (Fsp3) is 0.818. The van der Waals surface area contributed by atoms with E-state index in [1.54, 1.807) is 0 Å². The van der Waals surface area contributed by atoms with Crippen LogP contribution in [-0.2, 0) is 9.59 Å². The van der Waals surface area contributed by atoms with E-state index < -0.39 is 49.3 Å². The molecule has 0 aromatic carbocycles. The van der Waals surface area contributed by atoms with Crippen LogP contribution in [0.1, 0.15) is 6.42 Å². The summed E-state index contributed by atoms with van der Waals surface area (Å²) in [7, 11) is 0. The molecule has 6 N–H and O–H groups in total. The number of nitrogens with one attached hydrogen (secondary N) is 1. The van der Waals surface area contributed by atoms with E-state index in [2.05, 4.69) is 5.32 Å². The molecule has 0 aliphatic carbocycles. The highest BCUT2D eigenvalue weighted by molar-refractivity contribution is 7.98. The maximum atomic E-state index is 11.5. The lowest BCUT2D eigenvalue weighted by Gasteiger charge is -2.21. The van der Waals surface area contributed by atoms with Gasteiger partial charge in [0.15, 0.2) is 5.78 Å². The molecule has 0 aromatic heterocycles. The lowest BCUT2D eigenvalue weighted by molar-refractivity contribution is -0.141. The standard InChI is InChI=1S/C11H21NO7S/c1-20-3-2-6(11(18)19)12-4-7(14)9(16)10(17)8(15)5-13/h6,8-10,12-13,15-17H,2-5H2,1H3,(H,18,19)/t6-,8+,9+,10+/m0/s1. The third-order valence-electron chi connectivity index (χ3n) is 2.67. The van der Waals surface area contributed by atoms with Crippen LogP contribution in [0.3, 0.4) is 0 Å². The van der Waals surface area contributed by atoms with E-state index in [0.29, 0.717) is 12.2 Å². The predicted octanol–water partition coefficient (Wildman–Crippen LogP) is -2.57. The molecule has 9 heteroatoms. The van der Waals surface area contributed by atoms with Gasteiger partial charge in [0.05, 0.1) is 13.2 Å². The Bertz CT molecular complexity index is 315. The van der Waals surface area contributed by atoms with Crippen LogP contribution in [-0.4, -0.2) is 86.8 Å². The van der Waals surface area contributed by atoms with Crippen LogP contribution >= 0.6 is 11.8 Å². The summed E-state index contributed by atoms with van der Waals surface area (Å²) in [5, 5.41) is 47.9. The van der Waals surface area contributed by atoms with Crippen LogP contribution in [0, 0.1) is 0 Å². The molecule has 0 heterocycles. The van der Waals surface area contributed by atoms with Crippen LogP contribution in [0.4, 0.5) is 0 Å². The fourth-order valence-corrected chi connectivity index (χ4v) is 1.86. The maximum absolute atomic E-state index is 11.5. The Kier molecular flexibility index (Phi) is 9.72. The SMILES string of the molecule is CSCC[C@H](NCC(=O)[C@@H](O)[C@H](O)[C@H](O)CO)C(=O)O. The highest BCUT2D eigenvalue weighted by atomic mass is 32.2. The first kappa shape index (κ1) is 19.3. The largest absolute Gasteiger partial charge is 0.480 e. The number of aliphatic hydroxyl groups excluding tert-OH is 4. The second-order valence-corrected chi connectivity index (χ2v) is 5.19. The van der Waals surface area contributed by atoms with E-state index in [0.717, 1.165) is 0 Å². The van der Waals surface area contributed by atoms with E-state index in [4.69, 9.17) is 15.3 Å². The van der Waals surface area contributed by atoms with E-state index in [-0.39, 0.29) is 0 Å². The van der Waals surface area contributed by atoms with Crippen molar-refractivity contribution >= 4 is 23.5 Å². The van der Waals surface area contributed by atoms with Crippen LogP contribution < -0.4 is 5.32 Å². The Balaban J connectivity index is 4.33. The normalized spacial score (nSPS) is 17.2. The first-order chi connectivity index (χ1) is 9.34. The number of rotatable bonds is 11. The monoisotopic (exact) mass is 311 g/mol. The minimum Gasteiger partial charge on any atom is -0.480 e. The molecule has 0 fully saturated rings. The summed E-state index contributed by atoms with van der Waals surface area (Å²) in [5.41, 5.74) is 0. The summed E-state index contributed by atoms with van der Waals surface area (Å²) in [6, 6.07) is -0.932. The molecule has 0 aliphatic rings. The Labute approximate surface area is 120 Å². The van der Waals surface area contributed by atoms with Crippen LogP contribution in [0.25, 0.3) is 0 Å². The zero-order valence-electron chi connectivity index (χ0n) is 11.1. The van der Waals surface area contributed by atoms with Gasteiger partial charge in [-0.05, 0) is 18.4 Å². The average molecular weight is 311 g/mol. The lowest BCUT2D eigenvalue weighted by Crippen LogP contribution is -2.49. The Morgan fingerprint density at radius 1 is 1.25 bits per heavy atom. The molecule has 8 nitrogen and oxygen atoms in total. The molecule has 0 saturated carbocycles. The number of aliphatic hydroxyl groups is 4. The smallest absolute Gasteiger partial charge is 0.320 e. The molecule has 20 heavy (non-hydrogen) atoms. The first-order valence-electron chi connectivity index (χ1n) is 5.98. The number of carbonyl (C=O) groups is 2. The number of carboxylic acids is 1. The van der Waals surface area contributed by atoms with Crippen molar-refractivity contribution < 1.29 is 35.1 Å². The number of hydrogen-bond donors (Lipinski definition) is 6. The Hall–Kier alpha value is -0.710. The molecule has 0 amide bonds. The number of hydrogen-bond acceptors (Lipinski definition) is 8. The number of ketones is 1. The van der Waals surface area contributed by atoms with Gasteiger partial charge < -0.3 is 25.5 Å². The van der Waals surface area contributed by atoms with Crippen molar-refractivity contribution in [3.8, 4) is 0 Å². The van der Waals surface area contributed by atoms with Gasteiger partial charge in [0.2, 0.25) is 0 Å². The van der Waals surface area contributed by atoms with Crippen molar-refractivity contribution in [3.05, 3.63) is 0 Å². The zero-order valence-corrected chi connectivity index (χ0v) is 11.9. The highest BCUT2D eigenvalue weighted by Gasteiger charge is 2.30. The zero-order chi connectivity index (χ0) is 15.7. The molecule has 0 aliphatic heterocycles.